The number of anilines is 1. The van der Waals surface area contributed by atoms with Gasteiger partial charge in [0.05, 0.1) is 13.7 Å². The molecule has 1 amide bonds. The number of methoxy groups -OCH3 is 1. The number of nitrogens with zero attached hydrogens (tertiary/aromatic N) is 1. The van der Waals surface area contributed by atoms with E-state index in [0.717, 1.165) is 16.9 Å². The van der Waals surface area contributed by atoms with Gasteiger partial charge in [0, 0.05) is 12.2 Å². The number of amides is 1. The van der Waals surface area contributed by atoms with Crippen LogP contribution in [0.5, 0.6) is 5.75 Å². The van der Waals surface area contributed by atoms with Crippen LogP contribution in [0.25, 0.3) is 0 Å². The summed E-state index contributed by atoms with van der Waals surface area (Å²) in [6, 6.07) is 19.3. The van der Waals surface area contributed by atoms with E-state index < -0.39 is 15.9 Å². The SMILES string of the molecule is COc1ccc(NC(=O)CN(Cc2ccccc2)S(=O)(=O)c2cccs2)cc1. The first-order valence-electron chi connectivity index (χ1n) is 8.50. The van der Waals surface area contributed by atoms with Gasteiger partial charge in [0.25, 0.3) is 10.0 Å². The zero-order valence-electron chi connectivity index (χ0n) is 15.2. The van der Waals surface area contributed by atoms with E-state index >= 15 is 0 Å². The predicted octanol–water partition coefficient (Wildman–Crippen LogP) is 3.59. The van der Waals surface area contributed by atoms with E-state index in [9.17, 15) is 13.2 Å². The normalized spacial score (nSPS) is 11.4. The summed E-state index contributed by atoms with van der Waals surface area (Å²) in [5.41, 5.74) is 1.37. The lowest BCUT2D eigenvalue weighted by Gasteiger charge is -2.21. The highest BCUT2D eigenvalue weighted by Crippen LogP contribution is 2.23. The number of nitrogens with one attached hydrogen (secondary N) is 1. The summed E-state index contributed by atoms with van der Waals surface area (Å²) < 4.78 is 32.5. The molecular weight excluding hydrogens is 396 g/mol. The molecule has 0 unspecified atom stereocenters. The van der Waals surface area contributed by atoms with E-state index in [1.54, 1.807) is 48.9 Å². The highest BCUT2D eigenvalue weighted by atomic mass is 32.2. The van der Waals surface area contributed by atoms with Gasteiger partial charge in [0.1, 0.15) is 9.96 Å². The van der Waals surface area contributed by atoms with Gasteiger partial charge in [0.2, 0.25) is 5.91 Å². The Hall–Kier alpha value is -2.68. The summed E-state index contributed by atoms with van der Waals surface area (Å²) in [5.74, 6) is 0.255. The van der Waals surface area contributed by atoms with Crippen LogP contribution in [0, 0.1) is 0 Å². The summed E-state index contributed by atoms with van der Waals surface area (Å²) in [6.07, 6.45) is 0. The average Bonchev–Trinajstić information content (AvgIpc) is 3.24. The molecule has 1 aromatic heterocycles. The molecule has 0 aliphatic rings. The van der Waals surface area contributed by atoms with Crippen molar-refractivity contribution in [2.45, 2.75) is 10.8 Å². The van der Waals surface area contributed by atoms with E-state index in [2.05, 4.69) is 5.32 Å². The maximum absolute atomic E-state index is 13.0. The zero-order chi connectivity index (χ0) is 20.0. The molecule has 3 aromatic rings. The van der Waals surface area contributed by atoms with Crippen molar-refractivity contribution in [2.75, 3.05) is 19.0 Å². The van der Waals surface area contributed by atoms with Crippen LogP contribution in [0.1, 0.15) is 5.56 Å². The number of hydrogen-bond donors (Lipinski definition) is 1. The molecule has 8 heteroatoms. The highest BCUT2D eigenvalue weighted by molar-refractivity contribution is 7.91. The maximum Gasteiger partial charge on any atom is 0.253 e. The summed E-state index contributed by atoms with van der Waals surface area (Å²) in [6.45, 7) is -0.182. The van der Waals surface area contributed by atoms with Gasteiger partial charge >= 0.3 is 0 Å². The van der Waals surface area contributed by atoms with Crippen LogP contribution in [0.15, 0.2) is 76.3 Å². The summed E-state index contributed by atoms with van der Waals surface area (Å²) in [5, 5.41) is 4.43. The fourth-order valence-electron chi connectivity index (χ4n) is 2.59. The number of hydrogen-bond acceptors (Lipinski definition) is 5. The molecule has 146 valence electrons. The largest absolute Gasteiger partial charge is 0.497 e. The van der Waals surface area contributed by atoms with Crippen LogP contribution in [-0.2, 0) is 21.4 Å². The second kappa shape index (κ2) is 9.01. The molecule has 0 fully saturated rings. The molecule has 0 saturated heterocycles. The first-order chi connectivity index (χ1) is 13.5. The Labute approximate surface area is 168 Å². The van der Waals surface area contributed by atoms with Crippen LogP contribution in [0.3, 0.4) is 0 Å². The van der Waals surface area contributed by atoms with Crippen molar-refractivity contribution in [3.05, 3.63) is 77.7 Å². The van der Waals surface area contributed by atoms with Crippen molar-refractivity contribution < 1.29 is 17.9 Å². The minimum Gasteiger partial charge on any atom is -0.497 e. The predicted molar refractivity (Wildman–Crippen MR) is 110 cm³/mol. The maximum atomic E-state index is 13.0. The molecule has 6 nitrogen and oxygen atoms in total. The summed E-state index contributed by atoms with van der Waals surface area (Å²) in [7, 11) is -2.22. The number of rotatable bonds is 8. The second-order valence-electron chi connectivity index (χ2n) is 5.97. The van der Waals surface area contributed by atoms with E-state index in [1.165, 1.54) is 4.31 Å². The third-order valence-corrected chi connectivity index (χ3v) is 7.15. The number of ether oxygens (including phenoxy) is 1. The third kappa shape index (κ3) is 4.98. The molecule has 28 heavy (non-hydrogen) atoms. The molecule has 0 saturated carbocycles. The minimum atomic E-state index is -3.78. The van der Waals surface area contributed by atoms with Crippen LogP contribution in [-0.4, -0.2) is 32.3 Å². The monoisotopic (exact) mass is 416 g/mol. The zero-order valence-corrected chi connectivity index (χ0v) is 16.9. The Morgan fingerprint density at radius 3 is 2.36 bits per heavy atom. The number of thiophene rings is 1. The van der Waals surface area contributed by atoms with Crippen molar-refractivity contribution in [1.82, 2.24) is 4.31 Å². The van der Waals surface area contributed by atoms with Crippen molar-refractivity contribution in [3.8, 4) is 5.75 Å². The number of sulfonamides is 1. The van der Waals surface area contributed by atoms with Crippen LogP contribution < -0.4 is 10.1 Å². The topological polar surface area (TPSA) is 75.7 Å². The average molecular weight is 417 g/mol. The van der Waals surface area contributed by atoms with E-state index in [-0.39, 0.29) is 17.3 Å². The first kappa shape index (κ1) is 20.1. The fraction of sp³-hybridized carbons (Fsp3) is 0.150. The first-order valence-corrected chi connectivity index (χ1v) is 10.8. The standard InChI is InChI=1S/C20H20N2O4S2/c1-26-18-11-9-17(10-12-18)21-19(23)15-22(14-16-6-3-2-4-7-16)28(24,25)20-8-5-13-27-20/h2-13H,14-15H2,1H3,(H,21,23). The van der Waals surface area contributed by atoms with Crippen molar-refractivity contribution in [1.29, 1.82) is 0 Å². The molecular formula is C20H20N2O4S2. The Morgan fingerprint density at radius 1 is 1.04 bits per heavy atom. The number of benzene rings is 2. The Kier molecular flexibility index (Phi) is 6.45. The van der Waals surface area contributed by atoms with Crippen molar-refractivity contribution >= 4 is 33.0 Å². The van der Waals surface area contributed by atoms with Gasteiger partial charge in [-0.1, -0.05) is 36.4 Å². The molecule has 0 atom stereocenters. The van der Waals surface area contributed by atoms with E-state index in [0.29, 0.717) is 11.4 Å². The molecule has 1 heterocycles. The number of carbonyl (C=O) groups excluding carboxylic acids is 1. The van der Waals surface area contributed by atoms with Crippen LogP contribution in [0.4, 0.5) is 5.69 Å². The van der Waals surface area contributed by atoms with Crippen LogP contribution >= 0.6 is 11.3 Å². The van der Waals surface area contributed by atoms with Gasteiger partial charge in [-0.2, -0.15) is 4.31 Å². The van der Waals surface area contributed by atoms with Gasteiger partial charge in [-0.05, 0) is 41.3 Å². The van der Waals surface area contributed by atoms with Gasteiger partial charge < -0.3 is 10.1 Å². The number of carbonyl (C=O) groups is 1. The fourth-order valence-corrected chi connectivity index (χ4v) is 5.11. The lowest BCUT2D eigenvalue weighted by Crippen LogP contribution is -2.37. The lowest BCUT2D eigenvalue weighted by molar-refractivity contribution is -0.116. The highest BCUT2D eigenvalue weighted by Gasteiger charge is 2.27. The second-order valence-corrected chi connectivity index (χ2v) is 9.08. The molecule has 2 aromatic carbocycles. The molecule has 0 spiro atoms. The Bertz CT molecular complexity index is 1000. The summed E-state index contributed by atoms with van der Waals surface area (Å²) in [4.78, 5) is 12.5. The van der Waals surface area contributed by atoms with E-state index in [4.69, 9.17) is 4.74 Å². The molecule has 0 bridgehead atoms. The minimum absolute atomic E-state index is 0.108. The van der Waals surface area contributed by atoms with Gasteiger partial charge in [-0.3, -0.25) is 4.79 Å². The Morgan fingerprint density at radius 2 is 1.75 bits per heavy atom. The van der Waals surface area contributed by atoms with Gasteiger partial charge in [-0.25, -0.2) is 8.42 Å². The van der Waals surface area contributed by atoms with Gasteiger partial charge in [0.15, 0.2) is 0 Å². The molecule has 1 N–H and O–H groups in total. The van der Waals surface area contributed by atoms with Gasteiger partial charge in [-0.15, -0.1) is 11.3 Å². The molecule has 0 radical (unpaired) electrons. The smallest absolute Gasteiger partial charge is 0.253 e. The van der Waals surface area contributed by atoms with Crippen LogP contribution in [0.2, 0.25) is 0 Å². The van der Waals surface area contributed by atoms with E-state index in [1.807, 2.05) is 30.3 Å². The third-order valence-electron chi connectivity index (χ3n) is 3.98. The Balaban J connectivity index is 1.79. The van der Waals surface area contributed by atoms with Crippen molar-refractivity contribution in [3.63, 3.8) is 0 Å². The molecule has 3 rings (SSSR count). The summed E-state index contributed by atoms with van der Waals surface area (Å²) >= 11 is 1.13. The van der Waals surface area contributed by atoms with Crippen molar-refractivity contribution in [2.24, 2.45) is 0 Å². The molecule has 0 aliphatic heterocycles. The molecule has 0 aliphatic carbocycles. The quantitative estimate of drug-likeness (QED) is 0.609. The lowest BCUT2D eigenvalue weighted by atomic mass is 10.2.